The number of ether oxygens (including phenoxy) is 1. The van der Waals surface area contributed by atoms with Gasteiger partial charge in [-0.05, 0) is 61.1 Å². The third-order valence-electron chi connectivity index (χ3n) is 11.3. The van der Waals surface area contributed by atoms with Crippen LogP contribution in [0.3, 0.4) is 0 Å². The fourth-order valence-electron chi connectivity index (χ4n) is 8.13. The van der Waals surface area contributed by atoms with E-state index < -0.39 is 40.6 Å². The number of carbonyl (C=O) groups is 5. The molecule has 280 valence electrons. The number of ketones is 3. The molecule has 2 amide bonds. The topological polar surface area (TPSA) is 131 Å². The summed E-state index contributed by atoms with van der Waals surface area (Å²) in [6, 6.07) is 1.82. The summed E-state index contributed by atoms with van der Waals surface area (Å²) in [7, 11) is 1.55. The van der Waals surface area contributed by atoms with Crippen LogP contribution in [0.5, 0.6) is 5.75 Å². The van der Waals surface area contributed by atoms with Gasteiger partial charge in [-0.2, -0.15) is 0 Å². The van der Waals surface area contributed by atoms with E-state index >= 15 is 0 Å². The minimum Gasteiger partial charge on any atom is -0.495 e. The Labute approximate surface area is 307 Å². The summed E-state index contributed by atoms with van der Waals surface area (Å²) in [5.74, 6) is -1.33. The van der Waals surface area contributed by atoms with Crippen LogP contribution in [-0.4, -0.2) is 71.1 Å². The molecule has 4 aliphatic rings. The van der Waals surface area contributed by atoms with Gasteiger partial charge in [-0.25, -0.2) is 0 Å². The van der Waals surface area contributed by atoms with Crippen LogP contribution in [0.4, 0.5) is 0 Å². The Balaban J connectivity index is 1.42. The van der Waals surface area contributed by atoms with Gasteiger partial charge in [-0.3, -0.25) is 24.0 Å². The lowest BCUT2D eigenvalue weighted by molar-refractivity contribution is -0.145. The van der Waals surface area contributed by atoms with E-state index in [1.807, 2.05) is 33.8 Å². The lowest BCUT2D eigenvalue weighted by atomic mass is 9.84. The molecule has 1 spiro atoms. The number of carbonyl (C=O) groups excluding carboxylic acids is 5. The van der Waals surface area contributed by atoms with Gasteiger partial charge >= 0.3 is 0 Å². The normalized spacial score (nSPS) is 23.6. The second-order valence-corrected chi connectivity index (χ2v) is 17.0. The van der Waals surface area contributed by atoms with Gasteiger partial charge in [0.2, 0.25) is 17.6 Å². The van der Waals surface area contributed by atoms with Gasteiger partial charge in [0.15, 0.2) is 17.2 Å². The summed E-state index contributed by atoms with van der Waals surface area (Å²) >= 11 is 6.49. The van der Waals surface area contributed by atoms with Crippen molar-refractivity contribution in [2.24, 2.45) is 28.3 Å². The minimum atomic E-state index is -0.994. The highest BCUT2D eigenvalue weighted by Crippen LogP contribution is 2.43. The maximum Gasteiger partial charge on any atom is 0.246 e. The molecule has 5 rings (SSSR count). The molecule has 0 unspecified atom stereocenters. The molecule has 10 nitrogen and oxygen atoms in total. The third kappa shape index (κ3) is 9.40. The number of aryl methyl sites for hydroxylation is 1. The molecule has 1 aromatic rings. The zero-order valence-electron chi connectivity index (χ0n) is 31.3. The average molecular weight is 726 g/mol. The van der Waals surface area contributed by atoms with Gasteiger partial charge in [0.05, 0.1) is 30.4 Å². The largest absolute Gasteiger partial charge is 0.495 e. The van der Waals surface area contributed by atoms with E-state index in [0.717, 1.165) is 49.7 Å². The van der Waals surface area contributed by atoms with E-state index in [1.165, 1.54) is 12.8 Å². The van der Waals surface area contributed by atoms with Crippen molar-refractivity contribution >= 4 is 46.5 Å². The highest BCUT2D eigenvalue weighted by atomic mass is 35.5. The maximum absolute atomic E-state index is 14.7. The van der Waals surface area contributed by atoms with Gasteiger partial charge < -0.3 is 19.8 Å². The van der Waals surface area contributed by atoms with Crippen LogP contribution in [0.1, 0.15) is 129 Å². The lowest BCUT2D eigenvalue weighted by Gasteiger charge is -2.36. The number of Topliss-reactive ketones (excluding diaryl/α,β-unsaturated/α-hetero) is 3. The van der Waals surface area contributed by atoms with E-state index in [-0.39, 0.29) is 49.3 Å². The molecular weight excluding hydrogens is 670 g/mol. The first-order valence-electron chi connectivity index (χ1n) is 18.9. The number of hydrogen-bond donors (Lipinski definition) is 1. The molecule has 1 N–H and O–H groups in total. The molecule has 2 aliphatic heterocycles. The Morgan fingerprint density at radius 2 is 1.75 bits per heavy atom. The first-order chi connectivity index (χ1) is 24.1. The van der Waals surface area contributed by atoms with Crippen molar-refractivity contribution in [3.63, 3.8) is 0 Å². The first kappa shape index (κ1) is 38.9. The van der Waals surface area contributed by atoms with Gasteiger partial charge in [-0.1, -0.05) is 83.0 Å². The Morgan fingerprint density at radius 3 is 2.35 bits per heavy atom. The molecular formula is C40H56ClN3O7. The minimum absolute atomic E-state index is 0.0817. The van der Waals surface area contributed by atoms with Crippen LogP contribution in [0.15, 0.2) is 17.3 Å². The smallest absolute Gasteiger partial charge is 0.246 e. The molecule has 2 heterocycles. The predicted octanol–water partition coefficient (Wildman–Crippen LogP) is 6.94. The van der Waals surface area contributed by atoms with Crippen LogP contribution >= 0.6 is 11.6 Å². The van der Waals surface area contributed by atoms with Crippen LogP contribution in [0.25, 0.3) is 0 Å². The Hall–Kier alpha value is -3.27. The van der Waals surface area contributed by atoms with E-state index in [9.17, 15) is 24.0 Å². The number of methoxy groups -OCH3 is 1. The van der Waals surface area contributed by atoms with Gasteiger partial charge in [0.25, 0.3) is 0 Å². The van der Waals surface area contributed by atoms with Crippen LogP contribution in [0, 0.1) is 30.1 Å². The van der Waals surface area contributed by atoms with Crippen molar-refractivity contribution in [1.29, 1.82) is 0 Å². The molecule has 1 saturated heterocycles. The van der Waals surface area contributed by atoms with Crippen LogP contribution in [0.2, 0.25) is 5.02 Å². The second-order valence-electron chi connectivity index (χ2n) is 16.6. The third-order valence-corrected chi connectivity index (χ3v) is 11.6. The Bertz CT molecular complexity index is 1540. The molecule has 0 aromatic heterocycles. The Kier molecular flexibility index (Phi) is 12.4. The molecule has 0 radical (unpaired) electrons. The first-order valence-corrected chi connectivity index (χ1v) is 19.3. The predicted molar refractivity (Wildman–Crippen MR) is 196 cm³/mol. The molecule has 11 heteroatoms. The number of nitrogens with zero attached hydrogens (tertiary/aromatic N) is 2. The van der Waals surface area contributed by atoms with Crippen molar-refractivity contribution < 1.29 is 33.5 Å². The van der Waals surface area contributed by atoms with Gasteiger partial charge in [0, 0.05) is 43.6 Å². The summed E-state index contributed by atoms with van der Waals surface area (Å²) in [4.78, 5) is 76.1. The molecule has 2 saturated carbocycles. The van der Waals surface area contributed by atoms with E-state index in [4.69, 9.17) is 21.2 Å². The zero-order chi connectivity index (χ0) is 37.1. The van der Waals surface area contributed by atoms with E-state index in [1.54, 1.807) is 25.0 Å². The number of amides is 2. The summed E-state index contributed by atoms with van der Waals surface area (Å²) in [5, 5.41) is 7.98. The van der Waals surface area contributed by atoms with E-state index in [0.29, 0.717) is 41.7 Å². The monoisotopic (exact) mass is 725 g/mol. The number of hydrogen-bond acceptors (Lipinski definition) is 8. The Morgan fingerprint density at radius 1 is 1.06 bits per heavy atom. The number of halogens is 1. The average Bonchev–Trinajstić information content (AvgIpc) is 3.78. The van der Waals surface area contributed by atoms with Crippen molar-refractivity contribution in [2.45, 2.75) is 142 Å². The SMILES string of the molecule is CCC(=O)C(=O)[C@@H](CC(=O)[C@@H]1C[C@]2(CC(c3cc(Cl)c(OC)cc3C)=NO2)CN1C(=O)[C@@H](NC(=O)CC1CCCCCC1)C(C)(C)C)CC1CC1. The van der Waals surface area contributed by atoms with Gasteiger partial charge in [-0.15, -0.1) is 0 Å². The number of oxime groups is 1. The summed E-state index contributed by atoms with van der Waals surface area (Å²) < 4.78 is 5.38. The fraction of sp³-hybridized carbons (Fsp3) is 0.700. The summed E-state index contributed by atoms with van der Waals surface area (Å²) in [6.07, 6.45) is 9.89. The quantitative estimate of drug-likeness (QED) is 0.162. The number of nitrogens with one attached hydrogen (secondary N) is 1. The molecule has 2 aliphatic carbocycles. The zero-order valence-corrected chi connectivity index (χ0v) is 32.0. The van der Waals surface area contributed by atoms with Gasteiger partial charge in [0.1, 0.15) is 11.8 Å². The highest BCUT2D eigenvalue weighted by Gasteiger charge is 2.55. The molecule has 0 bridgehead atoms. The van der Waals surface area contributed by atoms with Crippen molar-refractivity contribution in [3.8, 4) is 5.75 Å². The standard InChI is InChI=1S/C40H56ClN3O7/c1-7-32(45)36(48)27(17-26-14-15-26)19-33(46)31-22-40(21-30(43-51-40)28-20-29(41)34(50-6)16-24(28)2)23-44(31)38(49)37(39(3,4)5)42-35(47)18-25-12-10-8-9-11-13-25/h16,20,25-27,31,37H,7-15,17-19,21-23H2,1-6H3,(H,42,47)/t27-,31+,37-,40-/m1/s1. The number of likely N-dealkylation sites (tertiary alicyclic amines) is 1. The summed E-state index contributed by atoms with van der Waals surface area (Å²) in [6.45, 7) is 9.40. The highest BCUT2D eigenvalue weighted by molar-refractivity contribution is 6.38. The number of benzene rings is 1. The number of rotatable bonds is 14. The van der Waals surface area contributed by atoms with E-state index in [2.05, 4.69) is 10.5 Å². The maximum atomic E-state index is 14.7. The van der Waals surface area contributed by atoms with Crippen LogP contribution < -0.4 is 10.1 Å². The summed E-state index contributed by atoms with van der Waals surface area (Å²) in [5.41, 5.74) is 0.674. The lowest BCUT2D eigenvalue weighted by Crippen LogP contribution is -2.57. The second kappa shape index (κ2) is 16.2. The van der Waals surface area contributed by atoms with Crippen LogP contribution in [-0.2, 0) is 28.8 Å². The fourth-order valence-corrected chi connectivity index (χ4v) is 8.37. The molecule has 3 fully saturated rings. The molecule has 51 heavy (non-hydrogen) atoms. The molecule has 1 aromatic carbocycles. The van der Waals surface area contributed by atoms with Crippen molar-refractivity contribution in [1.82, 2.24) is 10.2 Å². The van der Waals surface area contributed by atoms with Crippen molar-refractivity contribution in [2.75, 3.05) is 13.7 Å². The molecule has 4 atom stereocenters. The van der Waals surface area contributed by atoms with Crippen molar-refractivity contribution in [3.05, 3.63) is 28.3 Å².